The smallest absolute Gasteiger partial charge is 0.148 e. The highest BCUT2D eigenvalue weighted by atomic mass is 79.9. The molecule has 98 valence electrons. The predicted octanol–water partition coefficient (Wildman–Crippen LogP) is 4.89. The summed E-state index contributed by atoms with van der Waals surface area (Å²) >= 11 is 3.53. The Bertz CT molecular complexity index is 520. The molecule has 0 radical (unpaired) electrons. The Morgan fingerprint density at radius 2 is 2.17 bits per heavy atom. The molecule has 2 atom stereocenters. The maximum Gasteiger partial charge on any atom is 0.148 e. The zero-order valence-electron chi connectivity index (χ0n) is 11.2. The van der Waals surface area contributed by atoms with E-state index >= 15 is 0 Å². The van der Waals surface area contributed by atoms with Gasteiger partial charge in [0.2, 0.25) is 0 Å². The summed E-state index contributed by atoms with van der Waals surface area (Å²) in [7, 11) is 2.00. The summed E-state index contributed by atoms with van der Waals surface area (Å²) in [6.07, 6.45) is 2.40. The average Bonchev–Trinajstić information content (AvgIpc) is 2.75. The van der Waals surface area contributed by atoms with Gasteiger partial charge >= 0.3 is 0 Å². The van der Waals surface area contributed by atoms with Gasteiger partial charge in [-0.2, -0.15) is 0 Å². The molecule has 18 heavy (non-hydrogen) atoms. The van der Waals surface area contributed by atoms with Gasteiger partial charge in [0.15, 0.2) is 0 Å². The number of benzene rings is 1. The number of hydrogen-bond donors (Lipinski definition) is 1. The van der Waals surface area contributed by atoms with Gasteiger partial charge in [-0.15, -0.1) is 0 Å². The summed E-state index contributed by atoms with van der Waals surface area (Å²) in [5.74, 6) is 1.60. The van der Waals surface area contributed by atoms with Gasteiger partial charge in [0.25, 0.3) is 0 Å². The second-order valence-corrected chi connectivity index (χ2v) is 5.69. The van der Waals surface area contributed by atoms with E-state index in [9.17, 15) is 0 Å². The zero-order valence-corrected chi connectivity index (χ0v) is 12.8. The molecule has 0 saturated heterocycles. The number of nitrogens with one attached hydrogen (secondary N) is 1. The Morgan fingerprint density at radius 1 is 1.39 bits per heavy atom. The van der Waals surface area contributed by atoms with Gasteiger partial charge < -0.3 is 9.73 Å². The topological polar surface area (TPSA) is 25.2 Å². The molecular weight excluding hydrogens is 290 g/mol. The molecule has 1 N–H and O–H groups in total. The van der Waals surface area contributed by atoms with Gasteiger partial charge in [-0.1, -0.05) is 32.4 Å². The van der Waals surface area contributed by atoms with Gasteiger partial charge in [-0.3, -0.25) is 0 Å². The van der Waals surface area contributed by atoms with Gasteiger partial charge in [0, 0.05) is 5.39 Å². The van der Waals surface area contributed by atoms with E-state index in [2.05, 4.69) is 47.2 Å². The molecule has 1 aromatic carbocycles. The summed E-state index contributed by atoms with van der Waals surface area (Å²) < 4.78 is 7.03. The van der Waals surface area contributed by atoms with E-state index in [1.807, 2.05) is 19.2 Å². The van der Waals surface area contributed by atoms with Gasteiger partial charge in [-0.05, 0) is 47.4 Å². The minimum atomic E-state index is 0.282. The standard InChI is InChI=1S/C15H20BrNO/c1-4-6-10(2)14(17-3)13-9-11-7-5-8-12(16)15(11)18-13/h5,7-10,14,17H,4,6H2,1-3H3. The first-order valence-corrected chi connectivity index (χ1v) is 7.31. The van der Waals surface area contributed by atoms with Crippen LogP contribution in [0.3, 0.4) is 0 Å². The fourth-order valence-electron chi connectivity index (χ4n) is 2.53. The molecule has 0 fully saturated rings. The largest absolute Gasteiger partial charge is 0.458 e. The Kier molecular flexibility index (Phi) is 4.46. The summed E-state index contributed by atoms with van der Waals surface area (Å²) in [6.45, 7) is 4.49. The normalized spacial score (nSPS) is 14.9. The fourth-order valence-corrected chi connectivity index (χ4v) is 2.99. The van der Waals surface area contributed by atoms with Crippen molar-refractivity contribution in [2.24, 2.45) is 5.92 Å². The molecular formula is C15H20BrNO. The van der Waals surface area contributed by atoms with Crippen molar-refractivity contribution in [3.05, 3.63) is 34.5 Å². The summed E-state index contributed by atoms with van der Waals surface area (Å²) in [5, 5.41) is 4.53. The van der Waals surface area contributed by atoms with Crippen molar-refractivity contribution in [1.82, 2.24) is 5.32 Å². The Morgan fingerprint density at radius 3 is 2.78 bits per heavy atom. The van der Waals surface area contributed by atoms with Gasteiger partial charge in [-0.25, -0.2) is 0 Å². The first kappa shape index (κ1) is 13.6. The minimum absolute atomic E-state index is 0.282. The fraction of sp³-hybridized carbons (Fsp3) is 0.467. The number of halogens is 1. The van der Waals surface area contributed by atoms with Crippen LogP contribution in [0.4, 0.5) is 0 Å². The van der Waals surface area contributed by atoms with E-state index < -0.39 is 0 Å². The van der Waals surface area contributed by atoms with Crippen LogP contribution >= 0.6 is 15.9 Å². The van der Waals surface area contributed by atoms with E-state index in [4.69, 9.17) is 4.42 Å². The van der Waals surface area contributed by atoms with Crippen molar-refractivity contribution in [2.75, 3.05) is 7.05 Å². The highest BCUT2D eigenvalue weighted by Crippen LogP contribution is 2.33. The predicted molar refractivity (Wildman–Crippen MR) is 79.8 cm³/mol. The van der Waals surface area contributed by atoms with Crippen LogP contribution in [0, 0.1) is 5.92 Å². The molecule has 1 aromatic heterocycles. The number of fused-ring (bicyclic) bond motifs is 1. The summed E-state index contributed by atoms with van der Waals surface area (Å²) in [5.41, 5.74) is 0.941. The van der Waals surface area contributed by atoms with Crippen LogP contribution in [0.5, 0.6) is 0 Å². The molecule has 2 unspecified atom stereocenters. The lowest BCUT2D eigenvalue weighted by molar-refractivity contribution is 0.333. The highest BCUT2D eigenvalue weighted by Gasteiger charge is 2.21. The number of rotatable bonds is 5. The van der Waals surface area contributed by atoms with E-state index in [0.29, 0.717) is 5.92 Å². The van der Waals surface area contributed by atoms with Crippen molar-refractivity contribution in [3.63, 3.8) is 0 Å². The van der Waals surface area contributed by atoms with Gasteiger partial charge in [0.05, 0.1) is 10.5 Å². The Hall–Kier alpha value is -0.800. The molecule has 0 aliphatic carbocycles. The van der Waals surface area contributed by atoms with Crippen molar-refractivity contribution in [3.8, 4) is 0 Å². The lowest BCUT2D eigenvalue weighted by Crippen LogP contribution is -2.22. The molecule has 0 saturated carbocycles. The van der Waals surface area contributed by atoms with Crippen LogP contribution in [0.15, 0.2) is 33.2 Å². The number of hydrogen-bond acceptors (Lipinski definition) is 2. The van der Waals surface area contributed by atoms with Crippen molar-refractivity contribution in [1.29, 1.82) is 0 Å². The van der Waals surface area contributed by atoms with Crippen LogP contribution in [0.2, 0.25) is 0 Å². The third-order valence-corrected chi connectivity index (χ3v) is 4.07. The van der Waals surface area contributed by atoms with Gasteiger partial charge in [0.1, 0.15) is 11.3 Å². The monoisotopic (exact) mass is 309 g/mol. The zero-order chi connectivity index (χ0) is 13.1. The van der Waals surface area contributed by atoms with Crippen molar-refractivity contribution >= 4 is 26.9 Å². The van der Waals surface area contributed by atoms with E-state index in [1.165, 1.54) is 12.8 Å². The Labute approximate surface area is 117 Å². The quantitative estimate of drug-likeness (QED) is 0.850. The number of para-hydroxylation sites is 1. The maximum absolute atomic E-state index is 6.01. The maximum atomic E-state index is 6.01. The van der Waals surface area contributed by atoms with Crippen LogP contribution in [0.1, 0.15) is 38.5 Å². The third-order valence-electron chi connectivity index (χ3n) is 3.45. The third kappa shape index (κ3) is 2.62. The minimum Gasteiger partial charge on any atom is -0.458 e. The SMILES string of the molecule is CCCC(C)C(NC)c1cc2cccc(Br)c2o1. The molecule has 3 heteroatoms. The van der Waals surface area contributed by atoms with Crippen molar-refractivity contribution < 1.29 is 4.42 Å². The molecule has 2 aromatic rings. The van der Waals surface area contributed by atoms with E-state index in [-0.39, 0.29) is 6.04 Å². The first-order valence-electron chi connectivity index (χ1n) is 6.52. The average molecular weight is 310 g/mol. The van der Waals surface area contributed by atoms with E-state index in [1.54, 1.807) is 0 Å². The summed E-state index contributed by atoms with van der Waals surface area (Å²) in [4.78, 5) is 0. The molecule has 1 heterocycles. The van der Waals surface area contributed by atoms with Crippen LogP contribution in [0.25, 0.3) is 11.0 Å². The first-order chi connectivity index (χ1) is 8.67. The molecule has 0 bridgehead atoms. The lowest BCUT2D eigenvalue weighted by atomic mass is 9.95. The number of furan rings is 1. The molecule has 0 aliphatic heterocycles. The van der Waals surface area contributed by atoms with Crippen LogP contribution in [-0.4, -0.2) is 7.05 Å². The molecule has 2 nitrogen and oxygen atoms in total. The Balaban J connectivity index is 2.37. The lowest BCUT2D eigenvalue weighted by Gasteiger charge is -2.20. The highest BCUT2D eigenvalue weighted by molar-refractivity contribution is 9.10. The second kappa shape index (κ2) is 5.89. The summed E-state index contributed by atoms with van der Waals surface area (Å²) in [6, 6.07) is 8.57. The molecule has 2 rings (SSSR count). The molecule has 0 spiro atoms. The molecule has 0 aliphatic rings. The molecule has 0 amide bonds. The van der Waals surface area contributed by atoms with Crippen LogP contribution < -0.4 is 5.32 Å². The van der Waals surface area contributed by atoms with Crippen molar-refractivity contribution in [2.45, 2.75) is 32.7 Å². The van der Waals surface area contributed by atoms with Crippen LogP contribution in [-0.2, 0) is 0 Å². The van der Waals surface area contributed by atoms with E-state index in [0.717, 1.165) is 21.2 Å². The second-order valence-electron chi connectivity index (χ2n) is 4.84.